The summed E-state index contributed by atoms with van der Waals surface area (Å²) in [5.74, 6) is -0.132. The molecule has 18 heavy (non-hydrogen) atoms. The summed E-state index contributed by atoms with van der Waals surface area (Å²) in [6.45, 7) is 1.69. The van der Waals surface area contributed by atoms with Gasteiger partial charge >= 0.3 is 0 Å². The molecule has 7 nitrogen and oxygen atoms in total. The van der Waals surface area contributed by atoms with Crippen molar-refractivity contribution in [1.29, 1.82) is 0 Å². The second-order valence-electron chi connectivity index (χ2n) is 3.04. The summed E-state index contributed by atoms with van der Waals surface area (Å²) in [4.78, 5) is 3.78. The van der Waals surface area contributed by atoms with Crippen molar-refractivity contribution < 1.29 is 25.9 Å². The quantitative estimate of drug-likeness (QED) is 0.777. The van der Waals surface area contributed by atoms with Crippen molar-refractivity contribution in [2.24, 2.45) is 0 Å². The third kappa shape index (κ3) is 36.3. The molecule has 1 heterocycles. The summed E-state index contributed by atoms with van der Waals surface area (Å²) >= 11 is 0. The molecule has 0 aliphatic rings. The molecule has 0 unspecified atom stereocenters. The van der Waals surface area contributed by atoms with Crippen LogP contribution in [0.5, 0.6) is 0 Å². The Morgan fingerprint density at radius 2 is 1.39 bits per heavy atom. The van der Waals surface area contributed by atoms with Gasteiger partial charge in [-0.1, -0.05) is 13.0 Å². The topological polar surface area (TPSA) is 122 Å². The molecule has 0 spiro atoms. The zero-order valence-corrected chi connectivity index (χ0v) is 11.7. The van der Waals surface area contributed by atoms with E-state index in [2.05, 4.69) is 4.98 Å². The maximum absolute atomic E-state index is 9.79. The lowest BCUT2D eigenvalue weighted by molar-refractivity contribution is 0.481. The van der Waals surface area contributed by atoms with E-state index < -0.39 is 20.2 Å². The van der Waals surface area contributed by atoms with E-state index in [1.54, 1.807) is 19.3 Å². The molecule has 1 aromatic heterocycles. The van der Waals surface area contributed by atoms with Gasteiger partial charge < -0.3 is 0 Å². The van der Waals surface area contributed by atoms with Gasteiger partial charge in [-0.2, -0.15) is 16.8 Å². The van der Waals surface area contributed by atoms with E-state index in [1.165, 1.54) is 0 Å². The first-order valence-corrected chi connectivity index (χ1v) is 8.24. The summed E-state index contributed by atoms with van der Waals surface area (Å²) in [6.07, 6.45) is 4.69. The highest BCUT2D eigenvalue weighted by Crippen LogP contribution is 1.83. The highest BCUT2D eigenvalue weighted by Gasteiger charge is 1.98. The molecule has 9 heteroatoms. The SMILES string of the molecule is CCCS(=O)(=O)O.CS(=O)(=O)O.c1ccncc1. The van der Waals surface area contributed by atoms with Gasteiger partial charge in [0.2, 0.25) is 0 Å². The number of hydrogen-bond acceptors (Lipinski definition) is 5. The van der Waals surface area contributed by atoms with Gasteiger partial charge in [0, 0.05) is 12.4 Å². The van der Waals surface area contributed by atoms with Crippen LogP contribution in [-0.2, 0) is 20.2 Å². The Morgan fingerprint density at radius 1 is 1.00 bits per heavy atom. The normalized spacial score (nSPS) is 10.4. The van der Waals surface area contributed by atoms with Gasteiger partial charge in [-0.15, -0.1) is 0 Å². The maximum atomic E-state index is 9.79. The molecule has 0 saturated carbocycles. The third-order valence-corrected chi connectivity index (χ3v) is 1.95. The zero-order chi connectivity index (χ0) is 14.7. The van der Waals surface area contributed by atoms with Gasteiger partial charge in [0.1, 0.15) is 0 Å². The van der Waals surface area contributed by atoms with Crippen molar-refractivity contribution in [3.63, 3.8) is 0 Å². The van der Waals surface area contributed by atoms with Crippen molar-refractivity contribution in [2.45, 2.75) is 13.3 Å². The number of hydrogen-bond donors (Lipinski definition) is 2. The second-order valence-corrected chi connectivity index (χ2v) is 6.08. The van der Waals surface area contributed by atoms with Crippen LogP contribution in [0.2, 0.25) is 0 Å². The molecule has 0 aromatic carbocycles. The Morgan fingerprint density at radius 3 is 1.44 bits per heavy atom. The Kier molecular flexibility index (Phi) is 10.7. The van der Waals surface area contributed by atoms with Crippen LogP contribution in [0.3, 0.4) is 0 Å². The van der Waals surface area contributed by atoms with Crippen molar-refractivity contribution in [1.82, 2.24) is 4.98 Å². The van der Waals surface area contributed by atoms with Crippen LogP contribution in [0, 0.1) is 0 Å². The summed E-state index contributed by atoms with van der Waals surface area (Å²) < 4.78 is 53.4. The van der Waals surface area contributed by atoms with Crippen LogP contribution >= 0.6 is 0 Å². The average molecular weight is 299 g/mol. The van der Waals surface area contributed by atoms with Crippen LogP contribution in [0.25, 0.3) is 0 Å². The van der Waals surface area contributed by atoms with E-state index >= 15 is 0 Å². The van der Waals surface area contributed by atoms with Crippen molar-refractivity contribution in [3.8, 4) is 0 Å². The second kappa shape index (κ2) is 9.95. The molecule has 0 aliphatic carbocycles. The molecule has 0 radical (unpaired) electrons. The molecule has 106 valence electrons. The van der Waals surface area contributed by atoms with Crippen molar-refractivity contribution in [2.75, 3.05) is 12.0 Å². The number of aromatic nitrogens is 1. The summed E-state index contributed by atoms with van der Waals surface area (Å²) in [5.41, 5.74) is 0. The third-order valence-electron chi connectivity index (χ3n) is 1.03. The fraction of sp³-hybridized carbons (Fsp3) is 0.444. The molecule has 0 amide bonds. The molecule has 1 rings (SSSR count). The largest absolute Gasteiger partial charge is 0.286 e. The van der Waals surface area contributed by atoms with E-state index in [1.807, 2.05) is 18.2 Å². The molecule has 2 N–H and O–H groups in total. The molecular formula is C9H17NO6S2. The molecule has 1 aromatic rings. The van der Waals surface area contributed by atoms with Gasteiger partial charge in [-0.05, 0) is 18.6 Å². The Bertz CT molecular complexity index is 448. The summed E-state index contributed by atoms with van der Waals surface area (Å²) in [5, 5.41) is 0. The van der Waals surface area contributed by atoms with Crippen molar-refractivity contribution >= 4 is 20.2 Å². The fourth-order valence-corrected chi connectivity index (χ4v) is 1.09. The average Bonchev–Trinajstić information content (AvgIpc) is 2.16. The number of nitrogens with zero attached hydrogens (tertiary/aromatic N) is 1. The minimum Gasteiger partial charge on any atom is -0.286 e. The minimum atomic E-state index is -3.67. The van der Waals surface area contributed by atoms with Crippen LogP contribution in [0.15, 0.2) is 30.6 Å². The van der Waals surface area contributed by atoms with E-state index in [0.717, 1.165) is 0 Å². The Balaban J connectivity index is 0. The van der Waals surface area contributed by atoms with Gasteiger partial charge in [0.25, 0.3) is 20.2 Å². The highest BCUT2D eigenvalue weighted by molar-refractivity contribution is 7.85. The maximum Gasteiger partial charge on any atom is 0.264 e. The zero-order valence-electron chi connectivity index (χ0n) is 10.1. The van der Waals surface area contributed by atoms with E-state index in [0.29, 0.717) is 12.7 Å². The first-order valence-electron chi connectivity index (χ1n) is 4.79. The molecule has 0 aliphatic heterocycles. The lowest BCUT2D eigenvalue weighted by Gasteiger charge is -1.85. The van der Waals surface area contributed by atoms with Crippen molar-refractivity contribution in [3.05, 3.63) is 30.6 Å². The monoisotopic (exact) mass is 299 g/mol. The minimum absolute atomic E-state index is 0.132. The number of rotatable bonds is 2. The van der Waals surface area contributed by atoms with Gasteiger partial charge in [0.05, 0.1) is 12.0 Å². The van der Waals surface area contributed by atoms with Crippen LogP contribution in [0.1, 0.15) is 13.3 Å². The highest BCUT2D eigenvalue weighted by atomic mass is 32.2. The first kappa shape index (κ1) is 19.3. The number of pyridine rings is 1. The van der Waals surface area contributed by atoms with E-state index in [4.69, 9.17) is 9.11 Å². The van der Waals surface area contributed by atoms with E-state index in [9.17, 15) is 16.8 Å². The first-order chi connectivity index (χ1) is 8.06. The smallest absolute Gasteiger partial charge is 0.264 e. The predicted octanol–water partition coefficient (Wildman–Crippen LogP) is 0.870. The summed E-state index contributed by atoms with van der Waals surface area (Å²) in [7, 11) is -7.34. The Hall–Kier alpha value is -1.03. The predicted molar refractivity (Wildman–Crippen MR) is 68.4 cm³/mol. The lowest BCUT2D eigenvalue weighted by atomic mass is 10.5. The lowest BCUT2D eigenvalue weighted by Crippen LogP contribution is -2.01. The standard InChI is InChI=1S/C5H5N.C3H8O3S.CH4O3S/c1-2-4-6-5-3-1;1-2-3-7(4,5)6;1-5(2,3)4/h1-5H;2-3H2,1H3,(H,4,5,6);1H3,(H,2,3,4). The van der Waals surface area contributed by atoms with E-state index in [-0.39, 0.29) is 5.75 Å². The molecular weight excluding hydrogens is 282 g/mol. The van der Waals surface area contributed by atoms with Crippen LogP contribution in [0.4, 0.5) is 0 Å². The molecule has 0 saturated heterocycles. The van der Waals surface area contributed by atoms with Crippen LogP contribution < -0.4 is 0 Å². The Labute approximate surface area is 107 Å². The van der Waals surface area contributed by atoms with Crippen LogP contribution in [-0.4, -0.2) is 42.9 Å². The fourth-order valence-electron chi connectivity index (χ4n) is 0.571. The molecule has 0 atom stereocenters. The van der Waals surface area contributed by atoms with Gasteiger partial charge in [0.15, 0.2) is 0 Å². The molecule has 0 fully saturated rings. The van der Waals surface area contributed by atoms with Gasteiger partial charge in [-0.25, -0.2) is 0 Å². The summed E-state index contributed by atoms with van der Waals surface area (Å²) in [6, 6.07) is 5.72. The van der Waals surface area contributed by atoms with Gasteiger partial charge in [-0.3, -0.25) is 14.1 Å². The molecule has 0 bridgehead atoms.